The molecule has 0 bridgehead atoms. The summed E-state index contributed by atoms with van der Waals surface area (Å²) in [6.07, 6.45) is 4.73. The van der Waals surface area contributed by atoms with Gasteiger partial charge in [0.1, 0.15) is 5.60 Å². The van der Waals surface area contributed by atoms with Crippen molar-refractivity contribution < 1.29 is 14.3 Å². The zero-order chi connectivity index (χ0) is 20.6. The summed E-state index contributed by atoms with van der Waals surface area (Å²) >= 11 is 0. The molecule has 2 fully saturated rings. The van der Waals surface area contributed by atoms with Gasteiger partial charge in [-0.25, -0.2) is 4.79 Å². The summed E-state index contributed by atoms with van der Waals surface area (Å²) in [5.74, 6) is 0.349. The largest absolute Gasteiger partial charge is 0.444 e. The van der Waals surface area contributed by atoms with Gasteiger partial charge in [0.2, 0.25) is 0 Å². The molecule has 4 rings (SSSR count). The van der Waals surface area contributed by atoms with Crippen molar-refractivity contribution in [2.45, 2.75) is 45.3 Å². The number of likely N-dealkylation sites (tertiary alicyclic amines) is 2. The van der Waals surface area contributed by atoms with E-state index in [9.17, 15) is 9.59 Å². The summed E-state index contributed by atoms with van der Waals surface area (Å²) < 4.78 is 5.58. The Bertz CT molecular complexity index is 890. The van der Waals surface area contributed by atoms with E-state index in [2.05, 4.69) is 10.2 Å². The second kappa shape index (κ2) is 7.50. The quantitative estimate of drug-likeness (QED) is 0.778. The third kappa shape index (κ3) is 3.97. The van der Waals surface area contributed by atoms with Crippen LogP contribution in [-0.2, 0) is 4.74 Å². The Balaban J connectivity index is 1.53. The van der Waals surface area contributed by atoms with Crippen LogP contribution >= 0.6 is 0 Å². The lowest BCUT2D eigenvalue weighted by Gasteiger charge is -2.38. The molecule has 0 saturated carbocycles. The number of hydrogen-bond donors (Lipinski definition) is 0. The van der Waals surface area contributed by atoms with Crippen molar-refractivity contribution in [3.8, 4) is 5.69 Å². The maximum Gasteiger partial charge on any atom is 0.410 e. The number of hydrogen-bond acceptors (Lipinski definition) is 5. The number of ether oxygens (including phenoxy) is 1. The topological polar surface area (TPSA) is 80.6 Å². The first kappa shape index (κ1) is 19.4. The second-order valence-corrected chi connectivity index (χ2v) is 8.67. The van der Waals surface area contributed by atoms with Gasteiger partial charge >= 0.3 is 6.09 Å². The Morgan fingerprint density at radius 1 is 1.07 bits per heavy atom. The van der Waals surface area contributed by atoms with Gasteiger partial charge in [-0.2, -0.15) is 15.0 Å². The predicted molar refractivity (Wildman–Crippen MR) is 107 cm³/mol. The van der Waals surface area contributed by atoms with Crippen LogP contribution < -0.4 is 0 Å². The highest BCUT2D eigenvalue weighted by molar-refractivity contribution is 5.97. The van der Waals surface area contributed by atoms with Crippen LogP contribution in [0.2, 0.25) is 0 Å². The van der Waals surface area contributed by atoms with E-state index in [1.54, 1.807) is 23.4 Å². The number of amides is 2. The molecule has 3 heterocycles. The molecule has 0 N–H and O–H groups in total. The second-order valence-electron chi connectivity index (χ2n) is 8.67. The summed E-state index contributed by atoms with van der Waals surface area (Å²) in [5.41, 5.74) is 0.679. The van der Waals surface area contributed by atoms with Crippen LogP contribution in [0.4, 0.5) is 4.79 Å². The van der Waals surface area contributed by atoms with E-state index in [1.807, 2.05) is 43.9 Å². The molecular formula is C21H27N5O3. The summed E-state index contributed by atoms with van der Waals surface area (Å²) in [6.45, 7) is 7.49. The zero-order valence-electron chi connectivity index (χ0n) is 17.1. The third-order valence-corrected chi connectivity index (χ3v) is 5.55. The average Bonchev–Trinajstić information content (AvgIpc) is 3.35. The number of nitrogens with zero attached hydrogens (tertiary/aromatic N) is 5. The molecule has 0 aliphatic carbocycles. The lowest BCUT2D eigenvalue weighted by molar-refractivity contribution is 0.0122. The molecule has 2 aliphatic heterocycles. The monoisotopic (exact) mass is 397 g/mol. The molecule has 0 unspecified atom stereocenters. The van der Waals surface area contributed by atoms with E-state index in [4.69, 9.17) is 4.74 Å². The highest BCUT2D eigenvalue weighted by atomic mass is 16.6. The standard InChI is InChI=1S/C21H27N5O3/c1-21(2,3)29-20(28)25-13-9-15-8-12-24(14-18(15)25)19(27)16-6-4-5-7-17(16)26-22-10-11-23-26/h4-7,10-11,15,18H,8-9,12-14H2,1-3H3/t15-,18-/m0/s1. The number of carbonyl (C=O) groups excluding carboxylic acids is 2. The molecule has 8 heteroatoms. The predicted octanol–water partition coefficient (Wildman–Crippen LogP) is 2.74. The van der Waals surface area contributed by atoms with Crippen molar-refractivity contribution in [3.63, 3.8) is 0 Å². The van der Waals surface area contributed by atoms with Gasteiger partial charge in [-0.15, -0.1) is 0 Å². The van der Waals surface area contributed by atoms with Crippen LogP contribution in [0.25, 0.3) is 5.69 Å². The van der Waals surface area contributed by atoms with Crippen LogP contribution in [0.15, 0.2) is 36.7 Å². The van der Waals surface area contributed by atoms with E-state index in [-0.39, 0.29) is 18.0 Å². The van der Waals surface area contributed by atoms with Crippen LogP contribution in [0.1, 0.15) is 44.0 Å². The number of fused-ring (bicyclic) bond motifs is 1. The fraction of sp³-hybridized carbons (Fsp3) is 0.524. The molecule has 8 nitrogen and oxygen atoms in total. The van der Waals surface area contributed by atoms with E-state index < -0.39 is 5.60 Å². The van der Waals surface area contributed by atoms with Crippen LogP contribution in [0, 0.1) is 5.92 Å². The normalized spacial score (nSPS) is 21.8. The highest BCUT2D eigenvalue weighted by Gasteiger charge is 2.43. The number of para-hydroxylation sites is 1. The van der Waals surface area contributed by atoms with Crippen LogP contribution in [0.5, 0.6) is 0 Å². The van der Waals surface area contributed by atoms with E-state index >= 15 is 0 Å². The van der Waals surface area contributed by atoms with Crippen molar-refractivity contribution in [2.24, 2.45) is 5.92 Å². The first-order valence-electron chi connectivity index (χ1n) is 10.1. The molecule has 154 valence electrons. The minimum Gasteiger partial charge on any atom is -0.444 e. The summed E-state index contributed by atoms with van der Waals surface area (Å²) in [4.78, 5) is 31.1. The molecule has 2 atom stereocenters. The van der Waals surface area contributed by atoms with Gasteiger partial charge in [0.15, 0.2) is 0 Å². The van der Waals surface area contributed by atoms with Crippen molar-refractivity contribution in [1.29, 1.82) is 0 Å². The molecule has 2 aliphatic rings. The van der Waals surface area contributed by atoms with Gasteiger partial charge in [0, 0.05) is 19.6 Å². The molecule has 2 amide bonds. The molecule has 2 aromatic rings. The molecule has 29 heavy (non-hydrogen) atoms. The lowest BCUT2D eigenvalue weighted by Crippen LogP contribution is -2.52. The Hall–Kier alpha value is -2.90. The molecule has 2 saturated heterocycles. The molecule has 1 aromatic heterocycles. The van der Waals surface area contributed by atoms with Gasteiger partial charge in [0.05, 0.1) is 29.7 Å². The average molecular weight is 397 g/mol. The summed E-state index contributed by atoms with van der Waals surface area (Å²) in [7, 11) is 0. The molecular weight excluding hydrogens is 370 g/mol. The number of rotatable bonds is 2. The van der Waals surface area contributed by atoms with Gasteiger partial charge in [-0.1, -0.05) is 12.1 Å². The van der Waals surface area contributed by atoms with Gasteiger partial charge in [0.25, 0.3) is 5.91 Å². The Morgan fingerprint density at radius 3 is 2.48 bits per heavy atom. The fourth-order valence-electron chi connectivity index (χ4n) is 4.21. The zero-order valence-corrected chi connectivity index (χ0v) is 17.1. The van der Waals surface area contributed by atoms with Gasteiger partial charge in [-0.05, 0) is 51.7 Å². The maximum atomic E-state index is 13.3. The number of aromatic nitrogens is 3. The van der Waals surface area contributed by atoms with Gasteiger partial charge < -0.3 is 14.5 Å². The Labute approximate surface area is 170 Å². The van der Waals surface area contributed by atoms with Gasteiger partial charge in [-0.3, -0.25) is 4.79 Å². The van der Waals surface area contributed by atoms with Crippen molar-refractivity contribution in [3.05, 3.63) is 42.2 Å². The molecule has 1 aromatic carbocycles. The van der Waals surface area contributed by atoms with Crippen LogP contribution in [-0.4, -0.2) is 68.1 Å². The smallest absolute Gasteiger partial charge is 0.410 e. The minimum absolute atomic E-state index is 0.00228. The summed E-state index contributed by atoms with van der Waals surface area (Å²) in [5, 5.41) is 8.33. The maximum absolute atomic E-state index is 13.3. The Morgan fingerprint density at radius 2 is 1.76 bits per heavy atom. The van der Waals surface area contributed by atoms with Crippen molar-refractivity contribution in [1.82, 2.24) is 24.8 Å². The lowest BCUT2D eigenvalue weighted by atomic mass is 9.91. The first-order chi connectivity index (χ1) is 13.8. The third-order valence-electron chi connectivity index (χ3n) is 5.55. The SMILES string of the molecule is CC(C)(C)OC(=O)N1CC[C@@H]2CCN(C(=O)c3ccccc3-n3nccn3)C[C@@H]21. The van der Waals surface area contributed by atoms with Crippen molar-refractivity contribution >= 4 is 12.0 Å². The first-order valence-corrected chi connectivity index (χ1v) is 10.1. The number of piperidine rings is 1. The number of carbonyl (C=O) groups is 2. The van der Waals surface area contributed by atoms with Crippen LogP contribution in [0.3, 0.4) is 0 Å². The number of benzene rings is 1. The van der Waals surface area contributed by atoms with Crippen molar-refractivity contribution in [2.75, 3.05) is 19.6 Å². The van der Waals surface area contributed by atoms with E-state index in [0.717, 1.165) is 12.8 Å². The minimum atomic E-state index is -0.533. The molecule has 0 radical (unpaired) electrons. The summed E-state index contributed by atoms with van der Waals surface area (Å²) in [6, 6.07) is 7.34. The Kier molecular flexibility index (Phi) is 5.02. The van der Waals surface area contributed by atoms with E-state index in [0.29, 0.717) is 36.8 Å². The fourth-order valence-corrected chi connectivity index (χ4v) is 4.21. The highest BCUT2D eigenvalue weighted by Crippen LogP contribution is 2.33. The molecule has 0 spiro atoms. The van der Waals surface area contributed by atoms with E-state index in [1.165, 1.54) is 4.80 Å².